The van der Waals surface area contributed by atoms with Crippen molar-refractivity contribution in [2.24, 2.45) is 7.05 Å². The summed E-state index contributed by atoms with van der Waals surface area (Å²) in [7, 11) is 3.53. The molecule has 3 aromatic heterocycles. The number of hydrogen-bond acceptors (Lipinski definition) is 8. The summed E-state index contributed by atoms with van der Waals surface area (Å²) in [6.07, 6.45) is 5.57. The molecular formula is C19H25N7O2. The van der Waals surface area contributed by atoms with Gasteiger partial charge in [-0.2, -0.15) is 10.1 Å². The van der Waals surface area contributed by atoms with Gasteiger partial charge in [0.15, 0.2) is 5.76 Å². The summed E-state index contributed by atoms with van der Waals surface area (Å²) in [5.41, 5.74) is 2.93. The zero-order valence-corrected chi connectivity index (χ0v) is 16.4. The molecule has 0 radical (unpaired) electrons. The van der Waals surface area contributed by atoms with Gasteiger partial charge in [-0.15, -0.1) is 0 Å². The number of hydrogen-bond donors (Lipinski definition) is 1. The van der Waals surface area contributed by atoms with E-state index < -0.39 is 0 Å². The van der Waals surface area contributed by atoms with Crippen LogP contribution in [-0.2, 0) is 13.6 Å². The summed E-state index contributed by atoms with van der Waals surface area (Å²) in [6, 6.07) is 4.11. The predicted octanol–water partition coefficient (Wildman–Crippen LogP) is 2.26. The molecule has 0 aliphatic carbocycles. The topological polar surface area (TPSA) is 94.1 Å². The largest absolute Gasteiger partial charge is 0.481 e. The van der Waals surface area contributed by atoms with Crippen molar-refractivity contribution in [3.63, 3.8) is 0 Å². The van der Waals surface area contributed by atoms with E-state index in [0.29, 0.717) is 17.9 Å². The van der Waals surface area contributed by atoms with Crippen LogP contribution < -0.4 is 10.1 Å². The van der Waals surface area contributed by atoms with Crippen LogP contribution in [-0.4, -0.2) is 56.0 Å². The number of aromatic nitrogens is 5. The van der Waals surface area contributed by atoms with Crippen molar-refractivity contribution in [3.05, 3.63) is 36.0 Å². The Labute approximate surface area is 163 Å². The normalized spacial score (nSPS) is 15.7. The van der Waals surface area contributed by atoms with Gasteiger partial charge in [-0.3, -0.25) is 9.58 Å². The molecule has 0 spiro atoms. The summed E-state index contributed by atoms with van der Waals surface area (Å²) in [4.78, 5) is 11.0. The van der Waals surface area contributed by atoms with Gasteiger partial charge in [0.25, 0.3) is 0 Å². The molecule has 1 aliphatic heterocycles. The minimum absolute atomic E-state index is 0.353. The highest BCUT2D eigenvalue weighted by atomic mass is 16.5. The summed E-state index contributed by atoms with van der Waals surface area (Å²) >= 11 is 0. The molecule has 0 aromatic carbocycles. The van der Waals surface area contributed by atoms with Crippen molar-refractivity contribution in [2.75, 3.05) is 25.5 Å². The van der Waals surface area contributed by atoms with E-state index in [2.05, 4.69) is 30.4 Å². The number of rotatable bonds is 6. The molecule has 1 saturated heterocycles. The summed E-state index contributed by atoms with van der Waals surface area (Å²) in [5, 5.41) is 11.9. The van der Waals surface area contributed by atoms with Gasteiger partial charge in [-0.1, -0.05) is 5.16 Å². The highest BCUT2D eigenvalue weighted by Crippen LogP contribution is 2.24. The Morgan fingerprint density at radius 2 is 2.14 bits per heavy atom. The lowest BCUT2D eigenvalue weighted by molar-refractivity contribution is 0.189. The van der Waals surface area contributed by atoms with Gasteiger partial charge in [-0.25, -0.2) is 4.98 Å². The quantitative estimate of drug-likeness (QED) is 0.693. The molecule has 3 aromatic rings. The predicted molar refractivity (Wildman–Crippen MR) is 104 cm³/mol. The standard InChI is InChI=1S/C19H25N7O2/c1-13-16(11-21-25(13)2)17-10-15(28-24-17)12-26-8-5-14(6-9-26)22-19-20-7-4-18(23-19)27-3/h4,7,10-11,14H,5-6,8-9,12H2,1-3H3,(H,20,22,23). The van der Waals surface area contributed by atoms with Crippen molar-refractivity contribution in [1.29, 1.82) is 0 Å². The number of anilines is 1. The highest BCUT2D eigenvalue weighted by molar-refractivity contribution is 5.60. The smallest absolute Gasteiger partial charge is 0.226 e. The average molecular weight is 383 g/mol. The minimum Gasteiger partial charge on any atom is -0.481 e. The zero-order chi connectivity index (χ0) is 19.5. The number of likely N-dealkylation sites (tertiary alicyclic amines) is 1. The first-order valence-corrected chi connectivity index (χ1v) is 9.43. The third-order valence-electron chi connectivity index (χ3n) is 5.21. The Morgan fingerprint density at radius 3 is 2.86 bits per heavy atom. The lowest BCUT2D eigenvalue weighted by atomic mass is 10.1. The second kappa shape index (κ2) is 7.97. The summed E-state index contributed by atoms with van der Waals surface area (Å²) in [6.45, 7) is 4.74. The first kappa shape index (κ1) is 18.4. The number of ether oxygens (including phenoxy) is 1. The minimum atomic E-state index is 0.353. The van der Waals surface area contributed by atoms with E-state index in [4.69, 9.17) is 9.26 Å². The van der Waals surface area contributed by atoms with Gasteiger partial charge in [-0.05, 0) is 19.8 Å². The molecule has 0 amide bonds. The molecule has 28 heavy (non-hydrogen) atoms. The van der Waals surface area contributed by atoms with Crippen molar-refractivity contribution >= 4 is 5.95 Å². The van der Waals surface area contributed by atoms with E-state index in [9.17, 15) is 0 Å². The maximum Gasteiger partial charge on any atom is 0.226 e. The Hall–Kier alpha value is -2.94. The van der Waals surface area contributed by atoms with Crippen LogP contribution in [0.1, 0.15) is 24.3 Å². The first-order valence-electron chi connectivity index (χ1n) is 9.43. The average Bonchev–Trinajstić information content (AvgIpc) is 3.30. The maximum absolute atomic E-state index is 5.56. The summed E-state index contributed by atoms with van der Waals surface area (Å²) in [5.74, 6) is 2.06. The second-order valence-electron chi connectivity index (χ2n) is 7.06. The third kappa shape index (κ3) is 3.99. The van der Waals surface area contributed by atoms with Crippen LogP contribution in [0.15, 0.2) is 29.0 Å². The highest BCUT2D eigenvalue weighted by Gasteiger charge is 2.21. The molecule has 1 N–H and O–H groups in total. The lowest BCUT2D eigenvalue weighted by Gasteiger charge is -2.31. The number of methoxy groups -OCH3 is 1. The monoisotopic (exact) mass is 383 g/mol. The van der Waals surface area contributed by atoms with E-state index >= 15 is 0 Å². The Bertz CT molecular complexity index is 928. The van der Waals surface area contributed by atoms with Crippen LogP contribution in [0.2, 0.25) is 0 Å². The van der Waals surface area contributed by atoms with Gasteiger partial charge in [0.2, 0.25) is 11.8 Å². The molecule has 0 unspecified atom stereocenters. The van der Waals surface area contributed by atoms with Gasteiger partial charge >= 0.3 is 0 Å². The molecule has 148 valence electrons. The second-order valence-corrected chi connectivity index (χ2v) is 7.06. The Kier molecular flexibility index (Phi) is 5.25. The third-order valence-corrected chi connectivity index (χ3v) is 5.21. The molecule has 1 fully saturated rings. The molecule has 0 bridgehead atoms. The van der Waals surface area contributed by atoms with Crippen molar-refractivity contribution < 1.29 is 9.26 Å². The lowest BCUT2D eigenvalue weighted by Crippen LogP contribution is -2.38. The molecule has 4 rings (SSSR count). The number of nitrogens with zero attached hydrogens (tertiary/aromatic N) is 6. The fourth-order valence-corrected chi connectivity index (χ4v) is 3.43. The van der Waals surface area contributed by atoms with Gasteiger partial charge in [0, 0.05) is 55.8 Å². The fraction of sp³-hybridized carbons (Fsp3) is 0.474. The molecule has 9 nitrogen and oxygen atoms in total. The SMILES string of the molecule is COc1ccnc(NC2CCN(Cc3cc(-c4cnn(C)c4C)no3)CC2)n1. The molecule has 0 saturated carbocycles. The van der Waals surface area contributed by atoms with Crippen LogP contribution in [0.4, 0.5) is 5.95 Å². The fourth-order valence-electron chi connectivity index (χ4n) is 3.43. The molecule has 1 aliphatic rings. The molecule has 0 atom stereocenters. The van der Waals surface area contributed by atoms with Gasteiger partial charge in [0.05, 0.1) is 19.9 Å². The van der Waals surface area contributed by atoms with E-state index in [1.54, 1.807) is 19.4 Å². The van der Waals surface area contributed by atoms with E-state index in [1.807, 2.05) is 30.9 Å². The van der Waals surface area contributed by atoms with Crippen LogP contribution in [0.5, 0.6) is 5.88 Å². The Balaban J connectivity index is 1.30. The van der Waals surface area contributed by atoms with Crippen molar-refractivity contribution in [1.82, 2.24) is 29.8 Å². The molecule has 4 heterocycles. The van der Waals surface area contributed by atoms with Crippen molar-refractivity contribution in [2.45, 2.75) is 32.4 Å². The molecular weight excluding hydrogens is 358 g/mol. The van der Waals surface area contributed by atoms with Crippen molar-refractivity contribution in [3.8, 4) is 17.1 Å². The van der Waals surface area contributed by atoms with E-state index in [1.165, 1.54) is 0 Å². The van der Waals surface area contributed by atoms with Crippen LogP contribution in [0.25, 0.3) is 11.3 Å². The Morgan fingerprint density at radius 1 is 1.32 bits per heavy atom. The van der Waals surface area contributed by atoms with Gasteiger partial charge < -0.3 is 14.6 Å². The zero-order valence-electron chi connectivity index (χ0n) is 16.4. The van der Waals surface area contributed by atoms with E-state index in [0.717, 1.165) is 55.2 Å². The van der Waals surface area contributed by atoms with E-state index in [-0.39, 0.29) is 0 Å². The number of piperidine rings is 1. The van der Waals surface area contributed by atoms with Gasteiger partial charge in [0.1, 0.15) is 5.69 Å². The summed E-state index contributed by atoms with van der Waals surface area (Å²) < 4.78 is 12.5. The van der Waals surface area contributed by atoms with Crippen LogP contribution in [0.3, 0.4) is 0 Å². The number of aryl methyl sites for hydroxylation is 1. The van der Waals surface area contributed by atoms with Crippen LogP contribution >= 0.6 is 0 Å². The maximum atomic E-state index is 5.56. The molecule has 9 heteroatoms. The first-order chi connectivity index (χ1) is 13.6. The van der Waals surface area contributed by atoms with Crippen LogP contribution in [0, 0.1) is 6.92 Å². The number of nitrogens with one attached hydrogen (secondary N) is 1.